The van der Waals surface area contributed by atoms with Gasteiger partial charge in [0.1, 0.15) is 11.6 Å². The molecule has 2 fully saturated rings. The second kappa shape index (κ2) is 7.13. The summed E-state index contributed by atoms with van der Waals surface area (Å²) in [5, 5.41) is 4.80. The monoisotopic (exact) mass is 377 g/mol. The first-order valence-electron chi connectivity index (χ1n) is 9.71. The summed E-state index contributed by atoms with van der Waals surface area (Å²) in [7, 11) is -2.94. The molecule has 1 saturated heterocycles. The summed E-state index contributed by atoms with van der Waals surface area (Å²) in [4.78, 5) is 9.24. The van der Waals surface area contributed by atoms with Gasteiger partial charge >= 0.3 is 0 Å². The minimum Gasteiger partial charge on any atom is -0.334 e. The second-order valence-corrected chi connectivity index (χ2v) is 9.74. The Morgan fingerprint density at radius 1 is 1.19 bits per heavy atom. The topological polar surface area (TPSA) is 82.7 Å². The number of aryl methyl sites for hydroxylation is 3. The normalized spacial score (nSPS) is 23.0. The van der Waals surface area contributed by atoms with Gasteiger partial charge in [-0.25, -0.2) is 23.1 Å². The standard InChI is InChI=1S/C18H27N5O2S/c1-2-16-19-9-11-22(16)10-7-17-20-18(14-5-3-4-6-14)21-23(17)15-8-12-26(24,25)13-15/h9,11,14-15H,2-8,10,12-13H2,1H3. The zero-order valence-electron chi connectivity index (χ0n) is 15.3. The van der Waals surface area contributed by atoms with Gasteiger partial charge in [-0.1, -0.05) is 19.8 Å². The molecule has 0 aromatic carbocycles. The lowest BCUT2D eigenvalue weighted by atomic mass is 10.1. The van der Waals surface area contributed by atoms with Crippen molar-refractivity contribution in [1.29, 1.82) is 0 Å². The molecular weight excluding hydrogens is 350 g/mol. The molecule has 26 heavy (non-hydrogen) atoms. The maximum atomic E-state index is 11.9. The molecule has 2 aromatic rings. The maximum absolute atomic E-state index is 11.9. The van der Waals surface area contributed by atoms with Crippen molar-refractivity contribution in [1.82, 2.24) is 24.3 Å². The predicted octanol–water partition coefficient (Wildman–Crippen LogP) is 2.30. The van der Waals surface area contributed by atoms with E-state index in [1.807, 2.05) is 17.1 Å². The first-order valence-corrected chi connectivity index (χ1v) is 11.5. The highest BCUT2D eigenvalue weighted by atomic mass is 32.2. The SMILES string of the molecule is CCc1nccn1CCc1nc(C2CCCC2)nn1C1CCS(=O)(=O)C1. The van der Waals surface area contributed by atoms with Crippen LogP contribution in [-0.4, -0.2) is 44.2 Å². The van der Waals surface area contributed by atoms with Crippen molar-refractivity contribution in [2.75, 3.05) is 11.5 Å². The van der Waals surface area contributed by atoms with Crippen molar-refractivity contribution in [3.05, 3.63) is 29.9 Å². The van der Waals surface area contributed by atoms with Crippen LogP contribution < -0.4 is 0 Å². The fourth-order valence-corrected chi connectivity index (χ4v) is 5.93. The average Bonchev–Trinajstić information content (AvgIpc) is 3.38. The van der Waals surface area contributed by atoms with Gasteiger partial charge in [0.15, 0.2) is 15.7 Å². The highest BCUT2D eigenvalue weighted by Crippen LogP contribution is 2.33. The quantitative estimate of drug-likeness (QED) is 0.771. The van der Waals surface area contributed by atoms with E-state index in [0.717, 1.165) is 49.7 Å². The third-order valence-corrected chi connectivity index (χ3v) is 7.44. The lowest BCUT2D eigenvalue weighted by Crippen LogP contribution is -2.17. The predicted molar refractivity (Wildman–Crippen MR) is 98.8 cm³/mol. The lowest BCUT2D eigenvalue weighted by Gasteiger charge is -2.12. The van der Waals surface area contributed by atoms with Crippen LogP contribution >= 0.6 is 0 Å². The van der Waals surface area contributed by atoms with E-state index in [1.54, 1.807) is 0 Å². The molecule has 8 heteroatoms. The van der Waals surface area contributed by atoms with Gasteiger partial charge in [-0.3, -0.25) is 0 Å². The van der Waals surface area contributed by atoms with Crippen molar-refractivity contribution in [2.45, 2.75) is 70.4 Å². The number of imidazole rings is 1. The Bertz CT molecular complexity index is 864. The van der Waals surface area contributed by atoms with E-state index in [9.17, 15) is 8.42 Å². The minimum absolute atomic E-state index is 0.0638. The lowest BCUT2D eigenvalue weighted by molar-refractivity contribution is 0.463. The van der Waals surface area contributed by atoms with Gasteiger partial charge in [0, 0.05) is 37.7 Å². The van der Waals surface area contributed by atoms with Gasteiger partial charge in [0.25, 0.3) is 0 Å². The van der Waals surface area contributed by atoms with Crippen LogP contribution in [0.3, 0.4) is 0 Å². The van der Waals surface area contributed by atoms with Gasteiger partial charge in [-0.15, -0.1) is 0 Å². The van der Waals surface area contributed by atoms with E-state index in [4.69, 9.17) is 10.1 Å². The van der Waals surface area contributed by atoms with Crippen molar-refractivity contribution in [3.63, 3.8) is 0 Å². The van der Waals surface area contributed by atoms with Crippen LogP contribution in [-0.2, 0) is 29.2 Å². The molecule has 1 aliphatic carbocycles. The number of hydrogen-bond donors (Lipinski definition) is 0. The maximum Gasteiger partial charge on any atom is 0.154 e. The summed E-state index contributed by atoms with van der Waals surface area (Å²) in [6, 6.07) is -0.0638. The number of nitrogens with zero attached hydrogens (tertiary/aromatic N) is 5. The zero-order chi connectivity index (χ0) is 18.1. The number of sulfone groups is 1. The average molecular weight is 378 g/mol. The Balaban J connectivity index is 1.58. The molecule has 7 nitrogen and oxygen atoms in total. The summed E-state index contributed by atoms with van der Waals surface area (Å²) >= 11 is 0. The van der Waals surface area contributed by atoms with E-state index in [0.29, 0.717) is 12.3 Å². The molecule has 0 N–H and O–H groups in total. The zero-order valence-corrected chi connectivity index (χ0v) is 16.2. The smallest absolute Gasteiger partial charge is 0.154 e. The van der Waals surface area contributed by atoms with Gasteiger partial charge in [0.2, 0.25) is 0 Å². The van der Waals surface area contributed by atoms with E-state index in [1.165, 1.54) is 12.8 Å². The molecule has 0 radical (unpaired) electrons. The fraction of sp³-hybridized carbons (Fsp3) is 0.722. The molecule has 3 heterocycles. The van der Waals surface area contributed by atoms with E-state index in [2.05, 4.69) is 16.5 Å². The Hall–Kier alpha value is -1.70. The minimum atomic E-state index is -2.94. The van der Waals surface area contributed by atoms with Crippen molar-refractivity contribution in [3.8, 4) is 0 Å². The molecule has 0 spiro atoms. The van der Waals surface area contributed by atoms with Crippen LogP contribution in [0.15, 0.2) is 12.4 Å². The van der Waals surface area contributed by atoms with Crippen LogP contribution in [0.2, 0.25) is 0 Å². The van der Waals surface area contributed by atoms with Crippen molar-refractivity contribution < 1.29 is 8.42 Å². The molecule has 0 amide bonds. The third kappa shape index (κ3) is 3.56. The van der Waals surface area contributed by atoms with Gasteiger partial charge in [-0.05, 0) is 19.3 Å². The Morgan fingerprint density at radius 3 is 2.69 bits per heavy atom. The molecule has 0 bridgehead atoms. The first-order chi connectivity index (χ1) is 12.6. The van der Waals surface area contributed by atoms with Gasteiger partial charge < -0.3 is 4.57 Å². The molecule has 1 unspecified atom stereocenters. The summed E-state index contributed by atoms with van der Waals surface area (Å²) in [6.45, 7) is 2.90. The molecular formula is C18H27N5O2S. The van der Waals surface area contributed by atoms with Crippen molar-refractivity contribution >= 4 is 9.84 Å². The molecule has 1 atom stereocenters. The van der Waals surface area contributed by atoms with E-state index < -0.39 is 9.84 Å². The number of rotatable bonds is 6. The van der Waals surface area contributed by atoms with Gasteiger partial charge in [-0.2, -0.15) is 5.10 Å². The van der Waals surface area contributed by atoms with Crippen LogP contribution in [0, 0.1) is 0 Å². The molecule has 1 saturated carbocycles. The van der Waals surface area contributed by atoms with Crippen LogP contribution in [0.1, 0.15) is 68.5 Å². The van der Waals surface area contributed by atoms with Crippen LogP contribution in [0.5, 0.6) is 0 Å². The van der Waals surface area contributed by atoms with Crippen molar-refractivity contribution in [2.24, 2.45) is 0 Å². The fourth-order valence-electron chi connectivity index (χ4n) is 4.24. The van der Waals surface area contributed by atoms with Crippen LogP contribution in [0.25, 0.3) is 0 Å². The summed E-state index contributed by atoms with van der Waals surface area (Å²) in [5.41, 5.74) is 0. The largest absolute Gasteiger partial charge is 0.334 e. The van der Waals surface area contributed by atoms with E-state index in [-0.39, 0.29) is 17.5 Å². The Kier molecular flexibility index (Phi) is 4.86. The number of hydrogen-bond acceptors (Lipinski definition) is 5. The summed E-state index contributed by atoms with van der Waals surface area (Å²) in [6.07, 6.45) is 10.9. The molecule has 2 aliphatic rings. The molecule has 2 aromatic heterocycles. The van der Waals surface area contributed by atoms with Gasteiger partial charge in [0.05, 0.1) is 17.5 Å². The number of aromatic nitrogens is 5. The highest BCUT2D eigenvalue weighted by molar-refractivity contribution is 7.91. The third-order valence-electron chi connectivity index (χ3n) is 5.69. The Labute approximate surface area is 154 Å². The molecule has 4 rings (SSSR count). The van der Waals surface area contributed by atoms with Crippen LogP contribution in [0.4, 0.5) is 0 Å². The summed E-state index contributed by atoms with van der Waals surface area (Å²) < 4.78 is 28.0. The van der Waals surface area contributed by atoms with E-state index >= 15 is 0 Å². The molecule has 142 valence electrons. The summed E-state index contributed by atoms with van der Waals surface area (Å²) in [5.74, 6) is 3.80. The highest BCUT2D eigenvalue weighted by Gasteiger charge is 2.33. The Morgan fingerprint density at radius 2 is 2.00 bits per heavy atom. The molecule has 1 aliphatic heterocycles. The first kappa shape index (κ1) is 17.7. The second-order valence-electron chi connectivity index (χ2n) is 7.51.